The molecule has 47 valence electrons. The summed E-state index contributed by atoms with van der Waals surface area (Å²) in [4.78, 5) is 3.16. The summed E-state index contributed by atoms with van der Waals surface area (Å²) in [5.41, 5.74) is 1.23. The fourth-order valence-electron chi connectivity index (χ4n) is 1.05. The van der Waals surface area contributed by atoms with Crippen LogP contribution in [0.2, 0.25) is 0 Å². The first-order chi connectivity index (χ1) is 4.86. The summed E-state index contributed by atoms with van der Waals surface area (Å²) in [6.07, 6.45) is 1.97. The molecule has 0 spiro atoms. The molecule has 0 aliphatic carbocycles. The van der Waals surface area contributed by atoms with E-state index >= 15 is 0 Å². The molecule has 10 heavy (non-hydrogen) atoms. The third-order valence-electron chi connectivity index (χ3n) is 1.55. The van der Waals surface area contributed by atoms with Gasteiger partial charge >= 0.3 is 72.5 Å². The Balaban J connectivity index is 2.86. The van der Waals surface area contributed by atoms with Gasteiger partial charge < -0.3 is 0 Å². The van der Waals surface area contributed by atoms with Crippen molar-refractivity contribution >= 4 is 37.0 Å². The van der Waals surface area contributed by atoms with E-state index < -0.39 is 0 Å². The van der Waals surface area contributed by atoms with Gasteiger partial charge in [0.05, 0.1) is 0 Å². The van der Waals surface area contributed by atoms with Gasteiger partial charge in [-0.25, -0.2) is 0 Å². The first-order valence-corrected chi connectivity index (χ1v) is 4.58. The van der Waals surface area contributed by atoms with Crippen LogP contribution in [0.5, 0.6) is 0 Å². The van der Waals surface area contributed by atoms with Crippen molar-refractivity contribution in [3.63, 3.8) is 0 Å². The van der Waals surface area contributed by atoms with Gasteiger partial charge in [0.25, 0.3) is 0 Å². The number of hydrogen-bond acceptors (Lipinski definition) is 0. The summed E-state index contributed by atoms with van der Waals surface area (Å²) in [6, 6.07) is 8.59. The van der Waals surface area contributed by atoms with Gasteiger partial charge in [-0.15, -0.1) is 0 Å². The number of nitrogens with one attached hydrogen (secondary N) is 1. The Hall–Kier alpha value is -0.441. The Kier molecular flexibility index (Phi) is 1.45. The monoisotopic (exact) mass is 236 g/mol. The average Bonchev–Trinajstić information content (AvgIpc) is 2.33. The van der Waals surface area contributed by atoms with Gasteiger partial charge in [-0.1, -0.05) is 0 Å². The van der Waals surface area contributed by atoms with Crippen LogP contribution in [0.15, 0.2) is 30.5 Å². The molecule has 1 aromatic carbocycles. The molecule has 0 saturated carbocycles. The molecule has 0 amide bonds. The second kappa shape index (κ2) is 2.31. The number of rotatable bonds is 0. The van der Waals surface area contributed by atoms with Gasteiger partial charge in [-0.3, -0.25) is 0 Å². The number of benzene rings is 1. The van der Waals surface area contributed by atoms with E-state index in [9.17, 15) is 0 Å². The second-order valence-corrected chi connectivity index (χ2v) is 3.93. The third kappa shape index (κ3) is 0.944. The van der Waals surface area contributed by atoms with Crippen LogP contribution in [0.25, 0.3) is 10.9 Å². The molecule has 2 aromatic rings. The van der Waals surface area contributed by atoms with Crippen LogP contribution in [0.3, 0.4) is 0 Å². The quantitative estimate of drug-likeness (QED) is 0.654. The minimum atomic E-state index is 1.23. The predicted octanol–water partition coefficient (Wildman–Crippen LogP) is 0.962. The number of aromatic amines is 1. The topological polar surface area (TPSA) is 15.8 Å². The number of hydrogen-bond donors (Lipinski definition) is 1. The van der Waals surface area contributed by atoms with Crippen molar-refractivity contribution in [3.05, 3.63) is 30.5 Å². The van der Waals surface area contributed by atoms with Crippen LogP contribution < -0.4 is 3.58 Å². The van der Waals surface area contributed by atoms with E-state index in [2.05, 4.69) is 29.2 Å². The zero-order chi connectivity index (χ0) is 6.97. The van der Waals surface area contributed by atoms with Crippen LogP contribution in [0, 0.1) is 0 Å². The van der Waals surface area contributed by atoms with Crippen LogP contribution in [-0.2, 0) is 0 Å². The molecule has 0 unspecified atom stereocenters. The first-order valence-electron chi connectivity index (χ1n) is 3.15. The van der Waals surface area contributed by atoms with Gasteiger partial charge in [-0.05, 0) is 0 Å². The zero-order valence-electron chi connectivity index (χ0n) is 5.39. The molecule has 0 fully saturated rings. The van der Waals surface area contributed by atoms with Crippen molar-refractivity contribution in [3.8, 4) is 0 Å². The molecular formula is C8H6NSn. The molecule has 1 heterocycles. The Morgan fingerprint density at radius 2 is 2.10 bits per heavy atom. The van der Waals surface area contributed by atoms with Gasteiger partial charge in [0.1, 0.15) is 0 Å². The molecule has 2 rings (SSSR count). The number of aromatic nitrogens is 1. The number of fused-ring (bicyclic) bond motifs is 1. The molecule has 0 aliphatic rings. The van der Waals surface area contributed by atoms with Crippen molar-refractivity contribution in [1.82, 2.24) is 4.98 Å². The van der Waals surface area contributed by atoms with E-state index in [0.717, 1.165) is 0 Å². The summed E-state index contributed by atoms with van der Waals surface area (Å²) in [5.74, 6) is 0. The average molecular weight is 235 g/mol. The van der Waals surface area contributed by atoms with Crippen LogP contribution in [0.4, 0.5) is 0 Å². The Bertz CT molecular complexity index is 351. The Labute approximate surface area is 72.5 Å². The summed E-state index contributed by atoms with van der Waals surface area (Å²) >= 11 is 1.48. The SMILES string of the molecule is [Sn][c]1ccc2[nH]ccc2c1. The van der Waals surface area contributed by atoms with Gasteiger partial charge in [-0.2, -0.15) is 0 Å². The van der Waals surface area contributed by atoms with Crippen molar-refractivity contribution in [2.24, 2.45) is 0 Å². The van der Waals surface area contributed by atoms with E-state index in [0.29, 0.717) is 0 Å². The predicted molar refractivity (Wildman–Crippen MR) is 43.7 cm³/mol. The Morgan fingerprint density at radius 1 is 1.20 bits per heavy atom. The van der Waals surface area contributed by atoms with Gasteiger partial charge in [0.2, 0.25) is 0 Å². The fraction of sp³-hybridized carbons (Fsp3) is 0. The van der Waals surface area contributed by atoms with E-state index in [-0.39, 0.29) is 0 Å². The van der Waals surface area contributed by atoms with E-state index in [1.165, 1.54) is 37.0 Å². The van der Waals surface area contributed by atoms with Crippen LogP contribution in [-0.4, -0.2) is 27.5 Å². The van der Waals surface area contributed by atoms with Crippen molar-refractivity contribution in [2.45, 2.75) is 0 Å². The summed E-state index contributed by atoms with van der Waals surface area (Å²) < 4.78 is 1.40. The van der Waals surface area contributed by atoms with Crippen LogP contribution in [0.1, 0.15) is 0 Å². The molecule has 1 N–H and O–H groups in total. The molecule has 1 aromatic heterocycles. The van der Waals surface area contributed by atoms with E-state index in [1.807, 2.05) is 6.20 Å². The summed E-state index contributed by atoms with van der Waals surface area (Å²) in [6.45, 7) is 0. The van der Waals surface area contributed by atoms with Crippen LogP contribution >= 0.6 is 0 Å². The summed E-state index contributed by atoms with van der Waals surface area (Å²) in [5, 5.41) is 1.31. The zero-order valence-corrected chi connectivity index (χ0v) is 8.24. The maximum atomic E-state index is 3.16. The molecule has 0 bridgehead atoms. The van der Waals surface area contributed by atoms with Gasteiger partial charge in [0.15, 0.2) is 0 Å². The molecular weight excluding hydrogens is 229 g/mol. The third-order valence-corrected chi connectivity index (χ3v) is 2.44. The number of H-pyrrole nitrogens is 1. The normalized spacial score (nSPS) is 10.5. The fourth-order valence-corrected chi connectivity index (χ4v) is 1.73. The second-order valence-electron chi connectivity index (χ2n) is 2.28. The minimum absolute atomic E-state index is 1.23. The van der Waals surface area contributed by atoms with E-state index in [4.69, 9.17) is 0 Å². The van der Waals surface area contributed by atoms with Crippen molar-refractivity contribution in [2.75, 3.05) is 0 Å². The standard InChI is InChI=1S/C8H6N.Sn/c1-2-4-8-7(3-1)5-6-9-8;/h2-6,9H;. The molecule has 0 aliphatic heterocycles. The van der Waals surface area contributed by atoms with E-state index in [1.54, 1.807) is 0 Å². The molecule has 3 radical (unpaired) electrons. The first kappa shape index (κ1) is 6.28. The molecule has 0 saturated heterocycles. The summed E-state index contributed by atoms with van der Waals surface area (Å²) in [7, 11) is 0. The molecule has 2 heteroatoms. The van der Waals surface area contributed by atoms with Crippen molar-refractivity contribution in [1.29, 1.82) is 0 Å². The molecule has 0 atom stereocenters. The van der Waals surface area contributed by atoms with Gasteiger partial charge in [0, 0.05) is 0 Å². The Morgan fingerprint density at radius 3 is 3.00 bits per heavy atom. The maximum absolute atomic E-state index is 3.16. The van der Waals surface area contributed by atoms with Crippen molar-refractivity contribution < 1.29 is 0 Å². The molecule has 1 nitrogen and oxygen atoms in total.